The van der Waals surface area contributed by atoms with Crippen molar-refractivity contribution >= 4 is 10.8 Å². The van der Waals surface area contributed by atoms with Gasteiger partial charge in [0.05, 0.1) is 19.8 Å². The zero-order chi connectivity index (χ0) is 22.5. The standard InChI is InChI=1S/C25H25F3O4/c1-29-13-17-14-30-24(31-15-17)20-8-11-22-19(12-20)7-6-18(23(22)26)5-2-16-3-9-21(10-4-16)32-25(27)28/h3-4,6-12,17,24-25H,2,5,13-15H2,1H3. The molecule has 0 aromatic heterocycles. The van der Waals surface area contributed by atoms with Crippen LogP contribution in [0.5, 0.6) is 5.75 Å². The first-order valence-corrected chi connectivity index (χ1v) is 10.5. The van der Waals surface area contributed by atoms with Crippen LogP contribution in [0.2, 0.25) is 0 Å². The van der Waals surface area contributed by atoms with Crippen molar-refractivity contribution in [3.8, 4) is 5.75 Å². The van der Waals surface area contributed by atoms with Crippen LogP contribution in [0.25, 0.3) is 10.8 Å². The Kier molecular flexibility index (Phi) is 7.29. The van der Waals surface area contributed by atoms with Crippen molar-refractivity contribution in [1.82, 2.24) is 0 Å². The van der Waals surface area contributed by atoms with Gasteiger partial charge in [0.15, 0.2) is 6.29 Å². The Morgan fingerprint density at radius 3 is 2.41 bits per heavy atom. The minimum atomic E-state index is -2.85. The van der Waals surface area contributed by atoms with E-state index in [4.69, 9.17) is 14.2 Å². The zero-order valence-electron chi connectivity index (χ0n) is 17.7. The number of aryl methyl sites for hydroxylation is 2. The number of alkyl halides is 2. The van der Waals surface area contributed by atoms with Gasteiger partial charge in [0.2, 0.25) is 0 Å². The predicted molar refractivity (Wildman–Crippen MR) is 114 cm³/mol. The van der Waals surface area contributed by atoms with Crippen molar-refractivity contribution in [1.29, 1.82) is 0 Å². The highest BCUT2D eigenvalue weighted by Gasteiger charge is 2.24. The maximum Gasteiger partial charge on any atom is 0.387 e. The number of ether oxygens (including phenoxy) is 4. The SMILES string of the molecule is COCC1COC(c2ccc3c(F)c(CCc4ccc(OC(F)F)cc4)ccc3c2)OC1. The number of fused-ring (bicyclic) bond motifs is 1. The van der Waals surface area contributed by atoms with Crippen molar-refractivity contribution in [3.63, 3.8) is 0 Å². The van der Waals surface area contributed by atoms with Crippen LogP contribution in [0, 0.1) is 11.7 Å². The Morgan fingerprint density at radius 2 is 1.72 bits per heavy atom. The van der Waals surface area contributed by atoms with Gasteiger partial charge in [-0.1, -0.05) is 36.4 Å². The Bertz CT molecular complexity index is 1030. The fourth-order valence-electron chi connectivity index (χ4n) is 3.88. The molecule has 0 spiro atoms. The summed E-state index contributed by atoms with van der Waals surface area (Å²) in [5.41, 5.74) is 2.37. The molecule has 170 valence electrons. The molecule has 1 aliphatic rings. The van der Waals surface area contributed by atoms with Gasteiger partial charge in [-0.05, 0) is 47.6 Å². The van der Waals surface area contributed by atoms with Crippen LogP contribution in [0.1, 0.15) is 23.0 Å². The molecule has 0 atom stereocenters. The van der Waals surface area contributed by atoms with Crippen molar-refractivity contribution in [2.24, 2.45) is 5.92 Å². The number of methoxy groups -OCH3 is 1. The molecule has 0 amide bonds. The minimum absolute atomic E-state index is 0.108. The van der Waals surface area contributed by atoms with E-state index in [2.05, 4.69) is 4.74 Å². The summed E-state index contributed by atoms with van der Waals surface area (Å²) < 4.78 is 60.7. The van der Waals surface area contributed by atoms with Crippen LogP contribution in [0.4, 0.5) is 13.2 Å². The third kappa shape index (κ3) is 5.41. The first-order valence-electron chi connectivity index (χ1n) is 10.5. The number of hydrogen-bond acceptors (Lipinski definition) is 4. The Morgan fingerprint density at radius 1 is 0.969 bits per heavy atom. The number of halogens is 3. The van der Waals surface area contributed by atoms with Crippen LogP contribution < -0.4 is 4.74 Å². The van der Waals surface area contributed by atoms with Crippen LogP contribution in [0.3, 0.4) is 0 Å². The lowest BCUT2D eigenvalue weighted by molar-refractivity contribution is -0.210. The van der Waals surface area contributed by atoms with E-state index in [1.165, 1.54) is 12.1 Å². The summed E-state index contributed by atoms with van der Waals surface area (Å²) in [6, 6.07) is 15.6. The molecule has 4 rings (SSSR count). The van der Waals surface area contributed by atoms with Crippen LogP contribution in [-0.4, -0.2) is 33.5 Å². The van der Waals surface area contributed by atoms with E-state index >= 15 is 4.39 Å². The van der Waals surface area contributed by atoms with E-state index in [1.54, 1.807) is 31.4 Å². The van der Waals surface area contributed by atoms with Crippen molar-refractivity contribution in [2.75, 3.05) is 26.9 Å². The molecule has 0 N–H and O–H groups in total. The normalized spacial score (nSPS) is 18.9. The summed E-state index contributed by atoms with van der Waals surface area (Å²) in [4.78, 5) is 0. The van der Waals surface area contributed by atoms with Gasteiger partial charge in [0, 0.05) is 24.0 Å². The van der Waals surface area contributed by atoms with Gasteiger partial charge in [-0.2, -0.15) is 8.78 Å². The molecule has 0 saturated carbocycles. The van der Waals surface area contributed by atoms with E-state index in [9.17, 15) is 8.78 Å². The zero-order valence-corrected chi connectivity index (χ0v) is 17.7. The Hall–Kier alpha value is -2.61. The molecule has 3 aromatic rings. The first kappa shape index (κ1) is 22.6. The second-order valence-corrected chi connectivity index (χ2v) is 7.86. The smallest absolute Gasteiger partial charge is 0.387 e. The van der Waals surface area contributed by atoms with Gasteiger partial charge in [-0.15, -0.1) is 0 Å². The lowest BCUT2D eigenvalue weighted by Gasteiger charge is -2.29. The molecule has 0 radical (unpaired) electrons. The molecular formula is C25H25F3O4. The summed E-state index contributed by atoms with van der Waals surface area (Å²) in [6.07, 6.45) is 0.614. The van der Waals surface area contributed by atoms with Gasteiger partial charge in [0.1, 0.15) is 11.6 Å². The summed E-state index contributed by atoms with van der Waals surface area (Å²) in [5.74, 6) is 0.0682. The minimum Gasteiger partial charge on any atom is -0.435 e. The van der Waals surface area contributed by atoms with Gasteiger partial charge < -0.3 is 18.9 Å². The summed E-state index contributed by atoms with van der Waals surface area (Å²) in [5, 5.41) is 1.32. The van der Waals surface area contributed by atoms with E-state index in [0.29, 0.717) is 43.6 Å². The topological polar surface area (TPSA) is 36.9 Å². The van der Waals surface area contributed by atoms with Gasteiger partial charge in [-0.25, -0.2) is 4.39 Å². The summed E-state index contributed by atoms with van der Waals surface area (Å²) in [7, 11) is 1.65. The van der Waals surface area contributed by atoms with Crippen molar-refractivity contribution in [3.05, 3.63) is 77.1 Å². The summed E-state index contributed by atoms with van der Waals surface area (Å²) in [6.45, 7) is -1.15. The first-order chi connectivity index (χ1) is 15.5. The molecule has 0 unspecified atom stereocenters. The summed E-state index contributed by atoms with van der Waals surface area (Å²) >= 11 is 0. The highest BCUT2D eigenvalue weighted by Crippen LogP contribution is 2.30. The fraction of sp³-hybridized carbons (Fsp3) is 0.360. The quantitative estimate of drug-likeness (QED) is 0.447. The molecule has 1 heterocycles. The third-order valence-electron chi connectivity index (χ3n) is 5.53. The number of benzene rings is 3. The van der Waals surface area contributed by atoms with E-state index in [0.717, 1.165) is 16.5 Å². The monoisotopic (exact) mass is 446 g/mol. The fourth-order valence-corrected chi connectivity index (χ4v) is 3.88. The lowest BCUT2D eigenvalue weighted by atomic mass is 9.99. The average Bonchev–Trinajstić information content (AvgIpc) is 2.80. The Labute approximate surface area is 184 Å². The average molecular weight is 446 g/mol. The molecule has 0 bridgehead atoms. The van der Waals surface area contributed by atoms with Gasteiger partial charge in [0.25, 0.3) is 0 Å². The van der Waals surface area contributed by atoms with E-state index in [-0.39, 0.29) is 17.5 Å². The molecule has 0 aliphatic carbocycles. The molecule has 32 heavy (non-hydrogen) atoms. The molecular weight excluding hydrogens is 421 g/mol. The second kappa shape index (κ2) is 10.3. The highest BCUT2D eigenvalue weighted by atomic mass is 19.3. The van der Waals surface area contributed by atoms with Gasteiger partial charge in [-0.3, -0.25) is 0 Å². The largest absolute Gasteiger partial charge is 0.435 e. The molecule has 7 heteroatoms. The third-order valence-corrected chi connectivity index (χ3v) is 5.53. The molecule has 1 aliphatic heterocycles. The van der Waals surface area contributed by atoms with Crippen molar-refractivity contribution < 1.29 is 32.1 Å². The van der Waals surface area contributed by atoms with E-state index < -0.39 is 12.9 Å². The maximum absolute atomic E-state index is 15.1. The second-order valence-electron chi connectivity index (χ2n) is 7.86. The number of rotatable bonds is 8. The van der Waals surface area contributed by atoms with Crippen LogP contribution in [-0.2, 0) is 27.1 Å². The molecule has 1 fully saturated rings. The van der Waals surface area contributed by atoms with Crippen LogP contribution >= 0.6 is 0 Å². The molecule has 3 aromatic carbocycles. The molecule has 1 saturated heterocycles. The molecule has 4 nitrogen and oxygen atoms in total. The van der Waals surface area contributed by atoms with Gasteiger partial charge >= 0.3 is 6.61 Å². The maximum atomic E-state index is 15.1. The number of hydrogen-bond donors (Lipinski definition) is 0. The highest BCUT2D eigenvalue weighted by molar-refractivity contribution is 5.84. The van der Waals surface area contributed by atoms with Crippen LogP contribution in [0.15, 0.2) is 54.6 Å². The lowest BCUT2D eigenvalue weighted by Crippen LogP contribution is -2.29. The van der Waals surface area contributed by atoms with E-state index in [1.807, 2.05) is 18.2 Å². The van der Waals surface area contributed by atoms with Crippen molar-refractivity contribution in [2.45, 2.75) is 25.7 Å². The predicted octanol–water partition coefficient (Wildman–Crippen LogP) is 5.67. The Balaban J connectivity index is 1.42.